The molecule has 0 aliphatic heterocycles. The van der Waals surface area contributed by atoms with Gasteiger partial charge in [-0.15, -0.1) is 0 Å². The molecule has 0 bridgehead atoms. The highest BCUT2D eigenvalue weighted by atomic mass is 32.2. The highest BCUT2D eigenvalue weighted by Crippen LogP contribution is 2.46. The van der Waals surface area contributed by atoms with Crippen molar-refractivity contribution in [3.8, 4) is 0 Å². The number of esters is 1. The molecule has 1 N–H and O–H groups in total. The molecule has 1 saturated carbocycles. The fourth-order valence-corrected chi connectivity index (χ4v) is 2.59. The van der Waals surface area contributed by atoms with Crippen molar-refractivity contribution in [2.75, 3.05) is 26.0 Å². The first-order chi connectivity index (χ1) is 8.22. The van der Waals surface area contributed by atoms with Crippen molar-refractivity contribution in [3.05, 3.63) is 0 Å². The van der Waals surface area contributed by atoms with Gasteiger partial charge in [-0.25, -0.2) is 0 Å². The maximum absolute atomic E-state index is 11.1. The Hall–Kier alpha value is -0.220. The molecule has 0 aromatic rings. The Morgan fingerprint density at radius 2 is 2.12 bits per heavy atom. The summed E-state index contributed by atoms with van der Waals surface area (Å²) in [5.41, 5.74) is 0. The summed E-state index contributed by atoms with van der Waals surface area (Å²) in [6.07, 6.45) is 8.72. The number of unbranched alkanes of at least 4 members (excludes halogenated alkanes) is 2. The fraction of sp³-hybridized carbons (Fsp3) is 0.923. The first kappa shape index (κ1) is 14.8. The summed E-state index contributed by atoms with van der Waals surface area (Å²) in [4.78, 5) is 11.1. The molecule has 0 saturated heterocycles. The minimum atomic E-state index is -0.0558. The van der Waals surface area contributed by atoms with Crippen molar-refractivity contribution in [1.29, 1.82) is 0 Å². The second kappa shape index (κ2) is 7.98. The van der Waals surface area contributed by atoms with Gasteiger partial charge in [-0.05, 0) is 45.4 Å². The number of thioether (sulfide) groups is 1. The number of carbonyl (C=O) groups is 1. The molecule has 0 spiro atoms. The second-order valence-electron chi connectivity index (χ2n) is 4.68. The Balaban J connectivity index is 1.83. The number of nitrogens with one attached hydrogen (secondary N) is 1. The molecule has 1 rings (SSSR count). The molecule has 17 heavy (non-hydrogen) atoms. The summed E-state index contributed by atoms with van der Waals surface area (Å²) >= 11 is 1.99. The summed E-state index contributed by atoms with van der Waals surface area (Å²) in [5, 5.41) is 3.52. The highest BCUT2D eigenvalue weighted by Gasteiger charge is 2.41. The van der Waals surface area contributed by atoms with E-state index in [1.807, 2.05) is 18.7 Å². The van der Waals surface area contributed by atoms with E-state index in [1.165, 1.54) is 12.8 Å². The summed E-state index contributed by atoms with van der Waals surface area (Å²) in [6, 6.07) is 0. The quantitative estimate of drug-likeness (QED) is 0.483. The van der Waals surface area contributed by atoms with E-state index in [0.717, 1.165) is 32.4 Å². The standard InChI is InChI=1S/C13H25NO2S/c1-3-16-12(15)7-5-4-6-10-14-11-13(17-2)8-9-13/h14H,3-11H2,1-2H3. The lowest BCUT2D eigenvalue weighted by molar-refractivity contribution is -0.143. The number of hydrogen-bond donors (Lipinski definition) is 1. The normalized spacial score (nSPS) is 16.8. The molecule has 3 nitrogen and oxygen atoms in total. The van der Waals surface area contributed by atoms with Gasteiger partial charge in [-0.1, -0.05) is 6.42 Å². The third kappa shape index (κ3) is 6.32. The van der Waals surface area contributed by atoms with Crippen LogP contribution in [0.4, 0.5) is 0 Å². The van der Waals surface area contributed by atoms with Gasteiger partial charge in [0.05, 0.1) is 6.61 Å². The smallest absolute Gasteiger partial charge is 0.305 e. The largest absolute Gasteiger partial charge is 0.466 e. The zero-order chi connectivity index (χ0) is 12.6. The molecule has 4 heteroatoms. The van der Waals surface area contributed by atoms with Crippen LogP contribution < -0.4 is 5.32 Å². The van der Waals surface area contributed by atoms with Crippen molar-refractivity contribution in [3.63, 3.8) is 0 Å². The Labute approximate surface area is 109 Å². The first-order valence-corrected chi connectivity index (χ1v) is 7.86. The van der Waals surface area contributed by atoms with Crippen LogP contribution in [0, 0.1) is 0 Å². The van der Waals surface area contributed by atoms with Crippen LogP contribution in [-0.4, -0.2) is 36.7 Å². The Morgan fingerprint density at radius 1 is 1.35 bits per heavy atom. The average Bonchev–Trinajstić information content (AvgIpc) is 3.09. The lowest BCUT2D eigenvalue weighted by atomic mass is 10.2. The maximum Gasteiger partial charge on any atom is 0.305 e. The minimum Gasteiger partial charge on any atom is -0.466 e. The Kier molecular flexibility index (Phi) is 6.97. The minimum absolute atomic E-state index is 0.0558. The molecule has 1 aliphatic carbocycles. The third-order valence-corrected chi connectivity index (χ3v) is 4.65. The SMILES string of the molecule is CCOC(=O)CCCCCNCC1(SC)CC1. The number of ether oxygens (including phenoxy) is 1. The van der Waals surface area contributed by atoms with Gasteiger partial charge in [0, 0.05) is 17.7 Å². The van der Waals surface area contributed by atoms with Crippen molar-refractivity contribution < 1.29 is 9.53 Å². The summed E-state index contributed by atoms with van der Waals surface area (Å²) in [5.74, 6) is -0.0558. The number of hydrogen-bond acceptors (Lipinski definition) is 4. The molecule has 1 aliphatic rings. The van der Waals surface area contributed by atoms with Crippen molar-refractivity contribution in [2.45, 2.75) is 50.2 Å². The molecular weight excluding hydrogens is 234 g/mol. The molecule has 0 radical (unpaired) electrons. The van der Waals surface area contributed by atoms with Crippen LogP contribution in [0.3, 0.4) is 0 Å². The van der Waals surface area contributed by atoms with Gasteiger partial charge in [0.25, 0.3) is 0 Å². The monoisotopic (exact) mass is 259 g/mol. The van der Waals surface area contributed by atoms with Crippen LogP contribution in [0.25, 0.3) is 0 Å². The van der Waals surface area contributed by atoms with Crippen LogP contribution in [-0.2, 0) is 9.53 Å². The Morgan fingerprint density at radius 3 is 2.71 bits per heavy atom. The molecule has 0 unspecified atom stereocenters. The topological polar surface area (TPSA) is 38.3 Å². The van der Waals surface area contributed by atoms with E-state index in [9.17, 15) is 4.79 Å². The molecule has 0 atom stereocenters. The van der Waals surface area contributed by atoms with E-state index in [4.69, 9.17) is 4.74 Å². The number of carbonyl (C=O) groups excluding carboxylic acids is 1. The van der Waals surface area contributed by atoms with Crippen LogP contribution in [0.15, 0.2) is 0 Å². The van der Waals surface area contributed by atoms with E-state index >= 15 is 0 Å². The zero-order valence-corrected chi connectivity index (χ0v) is 11.9. The maximum atomic E-state index is 11.1. The second-order valence-corrected chi connectivity index (χ2v) is 5.95. The third-order valence-electron chi connectivity index (χ3n) is 3.23. The van der Waals surface area contributed by atoms with Gasteiger partial charge in [-0.2, -0.15) is 11.8 Å². The summed E-state index contributed by atoms with van der Waals surface area (Å²) in [6.45, 7) is 4.57. The van der Waals surface area contributed by atoms with Crippen LogP contribution in [0.5, 0.6) is 0 Å². The average molecular weight is 259 g/mol. The molecule has 0 heterocycles. The molecule has 0 amide bonds. The Bertz CT molecular complexity index is 229. The van der Waals surface area contributed by atoms with E-state index in [2.05, 4.69) is 11.6 Å². The highest BCUT2D eigenvalue weighted by molar-refractivity contribution is 8.00. The van der Waals surface area contributed by atoms with Crippen molar-refractivity contribution in [2.24, 2.45) is 0 Å². The lowest BCUT2D eigenvalue weighted by Crippen LogP contribution is -2.26. The van der Waals surface area contributed by atoms with Gasteiger partial charge in [-0.3, -0.25) is 4.79 Å². The van der Waals surface area contributed by atoms with Gasteiger partial charge in [0.1, 0.15) is 0 Å². The van der Waals surface area contributed by atoms with E-state index < -0.39 is 0 Å². The first-order valence-electron chi connectivity index (χ1n) is 6.64. The van der Waals surface area contributed by atoms with Crippen LogP contribution in [0.2, 0.25) is 0 Å². The van der Waals surface area contributed by atoms with Gasteiger partial charge < -0.3 is 10.1 Å². The number of rotatable bonds is 10. The fourth-order valence-electron chi connectivity index (χ4n) is 1.84. The summed E-state index contributed by atoms with van der Waals surface area (Å²) < 4.78 is 5.44. The molecule has 0 aromatic carbocycles. The van der Waals surface area contributed by atoms with Gasteiger partial charge in [0.2, 0.25) is 0 Å². The molecule has 100 valence electrons. The van der Waals surface area contributed by atoms with E-state index in [1.54, 1.807) is 0 Å². The predicted octanol–water partition coefficient (Wildman–Crippen LogP) is 2.60. The van der Waals surface area contributed by atoms with E-state index in [0.29, 0.717) is 17.8 Å². The lowest BCUT2D eigenvalue weighted by Gasteiger charge is -2.12. The van der Waals surface area contributed by atoms with Gasteiger partial charge >= 0.3 is 5.97 Å². The van der Waals surface area contributed by atoms with Crippen LogP contribution >= 0.6 is 11.8 Å². The molecule has 0 aromatic heterocycles. The van der Waals surface area contributed by atoms with Crippen molar-refractivity contribution in [1.82, 2.24) is 5.32 Å². The van der Waals surface area contributed by atoms with E-state index in [-0.39, 0.29) is 5.97 Å². The van der Waals surface area contributed by atoms with Crippen LogP contribution in [0.1, 0.15) is 45.4 Å². The molecular formula is C13H25NO2S. The predicted molar refractivity (Wildman–Crippen MR) is 73.5 cm³/mol. The summed E-state index contributed by atoms with van der Waals surface area (Å²) in [7, 11) is 0. The van der Waals surface area contributed by atoms with Crippen molar-refractivity contribution >= 4 is 17.7 Å². The zero-order valence-electron chi connectivity index (χ0n) is 11.1. The van der Waals surface area contributed by atoms with Gasteiger partial charge in [0.15, 0.2) is 0 Å². The molecule has 1 fully saturated rings.